The van der Waals surface area contributed by atoms with E-state index in [0.717, 1.165) is 70.8 Å². The third-order valence-corrected chi connectivity index (χ3v) is 5.78. The van der Waals surface area contributed by atoms with Gasteiger partial charge in [-0.25, -0.2) is 0 Å². The van der Waals surface area contributed by atoms with E-state index in [4.69, 9.17) is 4.52 Å². The first-order valence-electron chi connectivity index (χ1n) is 10.5. The molecule has 1 aromatic heterocycles. The van der Waals surface area contributed by atoms with Crippen molar-refractivity contribution in [3.63, 3.8) is 0 Å². The van der Waals surface area contributed by atoms with Crippen LogP contribution in [0.25, 0.3) is 0 Å². The van der Waals surface area contributed by atoms with E-state index in [-0.39, 0.29) is 5.91 Å². The summed E-state index contributed by atoms with van der Waals surface area (Å²) in [6, 6.07) is 10.4. The van der Waals surface area contributed by atoms with E-state index in [1.165, 1.54) is 11.1 Å². The van der Waals surface area contributed by atoms with Crippen LogP contribution in [0.5, 0.6) is 0 Å². The molecule has 1 saturated heterocycles. The molecule has 4 rings (SSSR count). The Bertz CT molecular complexity index is 803. The van der Waals surface area contributed by atoms with E-state index >= 15 is 0 Å². The highest BCUT2D eigenvalue weighted by Gasteiger charge is 2.24. The van der Waals surface area contributed by atoms with Gasteiger partial charge in [-0.1, -0.05) is 36.3 Å². The average molecular weight is 383 g/mol. The largest absolute Gasteiger partial charge is 0.359 e. The van der Waals surface area contributed by atoms with Gasteiger partial charge in [0.15, 0.2) is 11.5 Å². The van der Waals surface area contributed by atoms with Gasteiger partial charge in [-0.3, -0.25) is 9.69 Å². The van der Waals surface area contributed by atoms with Crippen LogP contribution in [0.1, 0.15) is 47.1 Å². The molecule has 0 N–H and O–H groups in total. The van der Waals surface area contributed by atoms with Crippen molar-refractivity contribution < 1.29 is 9.32 Å². The van der Waals surface area contributed by atoms with E-state index in [2.05, 4.69) is 46.1 Å². The van der Waals surface area contributed by atoms with E-state index in [9.17, 15) is 4.79 Å². The quantitative estimate of drug-likeness (QED) is 0.796. The number of carbonyl (C=O) groups excluding carboxylic acids is 1. The van der Waals surface area contributed by atoms with Crippen LogP contribution < -0.4 is 0 Å². The van der Waals surface area contributed by atoms with Gasteiger partial charge in [0, 0.05) is 38.8 Å². The van der Waals surface area contributed by atoms with Gasteiger partial charge in [-0.2, -0.15) is 0 Å². The molecule has 1 amide bonds. The van der Waals surface area contributed by atoms with E-state index in [0.29, 0.717) is 12.2 Å². The van der Waals surface area contributed by atoms with Crippen molar-refractivity contribution in [2.45, 2.75) is 39.3 Å². The van der Waals surface area contributed by atoms with Crippen molar-refractivity contribution in [2.24, 2.45) is 0 Å². The van der Waals surface area contributed by atoms with Crippen molar-refractivity contribution in [1.82, 2.24) is 19.9 Å². The second-order valence-electron chi connectivity index (χ2n) is 7.90. The maximum Gasteiger partial charge on any atom is 0.276 e. The van der Waals surface area contributed by atoms with Gasteiger partial charge in [0.05, 0.1) is 6.54 Å². The van der Waals surface area contributed by atoms with Crippen molar-refractivity contribution in [3.8, 4) is 0 Å². The van der Waals surface area contributed by atoms with Crippen LogP contribution in [0, 0.1) is 0 Å². The Balaban J connectivity index is 1.35. The lowest BCUT2D eigenvalue weighted by molar-refractivity contribution is 0.0751. The van der Waals surface area contributed by atoms with Gasteiger partial charge in [-0.05, 0) is 43.5 Å². The molecule has 150 valence electrons. The molecule has 3 heterocycles. The fraction of sp³-hybridized carbons (Fsp3) is 0.545. The number of benzene rings is 1. The molecular weight excluding hydrogens is 352 g/mol. The summed E-state index contributed by atoms with van der Waals surface area (Å²) in [6.45, 7) is 9.49. The minimum Gasteiger partial charge on any atom is -0.359 e. The number of amides is 1. The molecular formula is C22H30N4O2. The minimum atomic E-state index is -0.00246. The lowest BCUT2D eigenvalue weighted by Gasteiger charge is -2.27. The number of hydrogen-bond donors (Lipinski definition) is 0. The van der Waals surface area contributed by atoms with E-state index in [1.807, 2.05) is 11.0 Å². The standard InChI is InChI=1S/C22H30N4O2/c1-2-9-24-10-5-11-26(14-13-24)22(27)21-15-20(28-23-21)17-25-12-8-18-6-3-4-7-19(18)16-25/h3-4,6-7,15H,2,5,8-14,16-17H2,1H3. The maximum absolute atomic E-state index is 12.9. The predicted molar refractivity (Wildman–Crippen MR) is 108 cm³/mol. The third kappa shape index (κ3) is 4.45. The van der Waals surface area contributed by atoms with Crippen LogP contribution in [0.2, 0.25) is 0 Å². The maximum atomic E-state index is 12.9. The summed E-state index contributed by atoms with van der Waals surface area (Å²) in [5.41, 5.74) is 3.26. The van der Waals surface area contributed by atoms with Crippen molar-refractivity contribution in [1.29, 1.82) is 0 Å². The molecule has 6 nitrogen and oxygen atoms in total. The summed E-state index contributed by atoms with van der Waals surface area (Å²) >= 11 is 0. The number of fused-ring (bicyclic) bond motifs is 1. The van der Waals surface area contributed by atoms with Crippen molar-refractivity contribution in [2.75, 3.05) is 39.3 Å². The topological polar surface area (TPSA) is 52.8 Å². The lowest BCUT2D eigenvalue weighted by Crippen LogP contribution is -2.35. The summed E-state index contributed by atoms with van der Waals surface area (Å²) in [6.07, 6.45) is 3.23. The van der Waals surface area contributed by atoms with Gasteiger partial charge in [0.1, 0.15) is 0 Å². The summed E-state index contributed by atoms with van der Waals surface area (Å²) in [5, 5.41) is 4.08. The Morgan fingerprint density at radius 2 is 1.93 bits per heavy atom. The molecule has 2 aliphatic heterocycles. The lowest BCUT2D eigenvalue weighted by atomic mass is 10.00. The van der Waals surface area contributed by atoms with E-state index in [1.54, 1.807) is 0 Å². The first-order chi connectivity index (χ1) is 13.7. The average Bonchev–Trinajstić information content (AvgIpc) is 3.05. The van der Waals surface area contributed by atoms with Gasteiger partial charge in [-0.15, -0.1) is 0 Å². The predicted octanol–water partition coefficient (Wildman–Crippen LogP) is 2.79. The number of carbonyl (C=O) groups is 1. The Morgan fingerprint density at radius 3 is 2.79 bits per heavy atom. The highest BCUT2D eigenvalue weighted by Crippen LogP contribution is 2.20. The van der Waals surface area contributed by atoms with Gasteiger partial charge in [0.2, 0.25) is 0 Å². The Morgan fingerprint density at radius 1 is 1.07 bits per heavy atom. The molecule has 1 fully saturated rings. The van der Waals surface area contributed by atoms with Crippen LogP contribution in [0.15, 0.2) is 34.9 Å². The molecule has 0 spiro atoms. The number of hydrogen-bond acceptors (Lipinski definition) is 5. The Hall–Kier alpha value is -2.18. The molecule has 1 aromatic carbocycles. The summed E-state index contributed by atoms with van der Waals surface area (Å²) < 4.78 is 5.51. The Kier molecular flexibility index (Phi) is 6.07. The zero-order valence-electron chi connectivity index (χ0n) is 16.8. The first-order valence-corrected chi connectivity index (χ1v) is 10.5. The molecule has 0 atom stereocenters. The summed E-state index contributed by atoms with van der Waals surface area (Å²) in [5.74, 6) is 0.766. The minimum absolute atomic E-state index is 0.00246. The molecule has 2 aromatic rings. The van der Waals surface area contributed by atoms with Crippen LogP contribution in [0.4, 0.5) is 0 Å². The van der Waals surface area contributed by atoms with Gasteiger partial charge in [0.25, 0.3) is 5.91 Å². The normalized spacial score (nSPS) is 18.7. The highest BCUT2D eigenvalue weighted by atomic mass is 16.5. The zero-order chi connectivity index (χ0) is 19.3. The highest BCUT2D eigenvalue weighted by molar-refractivity contribution is 5.92. The number of aromatic nitrogens is 1. The second kappa shape index (κ2) is 8.88. The fourth-order valence-electron chi connectivity index (χ4n) is 4.27. The third-order valence-electron chi connectivity index (χ3n) is 5.78. The molecule has 0 bridgehead atoms. The van der Waals surface area contributed by atoms with Crippen molar-refractivity contribution >= 4 is 5.91 Å². The first kappa shape index (κ1) is 19.2. The fourth-order valence-corrected chi connectivity index (χ4v) is 4.27. The molecule has 0 unspecified atom stereocenters. The van der Waals surface area contributed by atoms with Gasteiger partial charge < -0.3 is 14.3 Å². The molecule has 0 saturated carbocycles. The summed E-state index contributed by atoms with van der Waals surface area (Å²) in [4.78, 5) is 19.6. The second-order valence-corrected chi connectivity index (χ2v) is 7.90. The number of rotatable bonds is 5. The van der Waals surface area contributed by atoms with Crippen LogP contribution in [-0.2, 0) is 19.5 Å². The SMILES string of the molecule is CCCN1CCCN(C(=O)c2cc(CN3CCc4ccccc4C3)on2)CC1. The van der Waals surface area contributed by atoms with Crippen LogP contribution >= 0.6 is 0 Å². The molecule has 6 heteroatoms. The van der Waals surface area contributed by atoms with E-state index < -0.39 is 0 Å². The zero-order valence-corrected chi connectivity index (χ0v) is 16.8. The molecule has 0 radical (unpaired) electrons. The number of nitrogens with zero attached hydrogens (tertiary/aromatic N) is 4. The molecule has 2 aliphatic rings. The Labute approximate surface area is 167 Å². The molecule has 28 heavy (non-hydrogen) atoms. The smallest absolute Gasteiger partial charge is 0.276 e. The molecule has 0 aliphatic carbocycles. The monoisotopic (exact) mass is 382 g/mol. The van der Waals surface area contributed by atoms with Crippen LogP contribution in [-0.4, -0.2) is 65.0 Å². The van der Waals surface area contributed by atoms with Crippen LogP contribution in [0.3, 0.4) is 0 Å². The summed E-state index contributed by atoms with van der Waals surface area (Å²) in [7, 11) is 0. The van der Waals surface area contributed by atoms with Crippen molar-refractivity contribution in [3.05, 3.63) is 52.9 Å². The van der Waals surface area contributed by atoms with Gasteiger partial charge >= 0.3 is 0 Å².